The van der Waals surface area contributed by atoms with E-state index in [1.807, 2.05) is 18.2 Å². The molecule has 0 unspecified atom stereocenters. The number of benzene rings is 1. The Hall–Kier alpha value is -1.75. The maximum absolute atomic E-state index is 11.5. The Bertz CT molecular complexity index is 417. The normalized spacial score (nSPS) is 15.1. The van der Waals surface area contributed by atoms with Crippen molar-refractivity contribution in [2.75, 3.05) is 36.5 Å². The van der Waals surface area contributed by atoms with Gasteiger partial charge in [-0.3, -0.25) is 0 Å². The summed E-state index contributed by atoms with van der Waals surface area (Å²) in [6, 6.07) is 7.59. The fourth-order valence-corrected chi connectivity index (χ4v) is 2.28. The Balaban J connectivity index is 1.96. The van der Waals surface area contributed by atoms with Crippen molar-refractivity contribution in [2.24, 2.45) is 0 Å². The summed E-state index contributed by atoms with van der Waals surface area (Å²) in [5, 5.41) is 14.0. The molecule has 19 heavy (non-hydrogen) atoms. The van der Waals surface area contributed by atoms with Crippen molar-refractivity contribution in [1.29, 1.82) is 0 Å². The van der Waals surface area contributed by atoms with Crippen molar-refractivity contribution in [3.8, 4) is 0 Å². The number of carbonyl (C=O) groups excluding carboxylic acids is 1. The summed E-state index contributed by atoms with van der Waals surface area (Å²) in [5.41, 5.74) is 1.93. The van der Waals surface area contributed by atoms with Crippen LogP contribution in [0.5, 0.6) is 0 Å². The van der Waals surface area contributed by atoms with Gasteiger partial charge in [-0.05, 0) is 37.5 Å². The number of anilines is 2. The van der Waals surface area contributed by atoms with E-state index in [2.05, 4.69) is 21.6 Å². The summed E-state index contributed by atoms with van der Waals surface area (Å²) in [7, 11) is 0. The van der Waals surface area contributed by atoms with Crippen molar-refractivity contribution in [3.63, 3.8) is 0 Å². The van der Waals surface area contributed by atoms with Gasteiger partial charge in [-0.15, -0.1) is 0 Å². The highest BCUT2D eigenvalue weighted by molar-refractivity contribution is 5.89. The summed E-state index contributed by atoms with van der Waals surface area (Å²) < 4.78 is 0. The molecule has 0 saturated carbocycles. The summed E-state index contributed by atoms with van der Waals surface area (Å²) in [5.74, 6) is 0. The van der Waals surface area contributed by atoms with Crippen molar-refractivity contribution in [1.82, 2.24) is 5.32 Å². The molecule has 1 aromatic carbocycles. The lowest BCUT2D eigenvalue weighted by molar-refractivity contribution is 0.245. The summed E-state index contributed by atoms with van der Waals surface area (Å²) in [4.78, 5) is 13.9. The van der Waals surface area contributed by atoms with Gasteiger partial charge in [-0.1, -0.05) is 6.07 Å². The number of rotatable bonds is 4. The van der Waals surface area contributed by atoms with Crippen LogP contribution in [-0.4, -0.2) is 37.4 Å². The third-order valence-electron chi connectivity index (χ3n) is 3.22. The first-order chi connectivity index (χ1) is 9.29. The van der Waals surface area contributed by atoms with Gasteiger partial charge in [0.1, 0.15) is 0 Å². The molecular formula is C14H21N3O2. The van der Waals surface area contributed by atoms with Gasteiger partial charge in [-0.2, -0.15) is 0 Å². The number of hydrogen-bond donors (Lipinski definition) is 3. The minimum absolute atomic E-state index is 0.0543. The van der Waals surface area contributed by atoms with E-state index in [1.54, 1.807) is 0 Å². The number of carbonyl (C=O) groups is 1. The predicted molar refractivity (Wildman–Crippen MR) is 76.6 cm³/mol. The van der Waals surface area contributed by atoms with Gasteiger partial charge in [0.05, 0.1) is 6.61 Å². The number of amides is 2. The smallest absolute Gasteiger partial charge is 0.319 e. The number of piperidine rings is 1. The topological polar surface area (TPSA) is 64.6 Å². The molecule has 5 nitrogen and oxygen atoms in total. The SMILES string of the molecule is O=C(NCCO)Nc1cccc(N2CCCCC2)c1. The second-order valence-corrected chi connectivity index (χ2v) is 4.70. The van der Waals surface area contributed by atoms with Gasteiger partial charge in [0.25, 0.3) is 0 Å². The molecule has 5 heteroatoms. The lowest BCUT2D eigenvalue weighted by Crippen LogP contribution is -2.31. The molecular weight excluding hydrogens is 242 g/mol. The van der Waals surface area contributed by atoms with Crippen LogP contribution in [0.2, 0.25) is 0 Å². The fraction of sp³-hybridized carbons (Fsp3) is 0.500. The van der Waals surface area contributed by atoms with E-state index in [4.69, 9.17) is 5.11 Å². The molecule has 104 valence electrons. The van der Waals surface area contributed by atoms with E-state index < -0.39 is 0 Å². The molecule has 0 spiro atoms. The zero-order valence-electron chi connectivity index (χ0n) is 11.1. The van der Waals surface area contributed by atoms with E-state index in [0.717, 1.165) is 24.5 Å². The molecule has 1 aliphatic heterocycles. The van der Waals surface area contributed by atoms with Gasteiger partial charge in [0.2, 0.25) is 0 Å². The Labute approximate surface area is 113 Å². The van der Waals surface area contributed by atoms with Crippen LogP contribution in [0.25, 0.3) is 0 Å². The standard InChI is InChI=1S/C14H21N3O2/c18-10-7-15-14(19)16-12-5-4-6-13(11-12)17-8-2-1-3-9-17/h4-6,11,18H,1-3,7-10H2,(H2,15,16,19). The van der Waals surface area contributed by atoms with Crippen LogP contribution in [0.15, 0.2) is 24.3 Å². The van der Waals surface area contributed by atoms with Crippen LogP contribution in [0.4, 0.5) is 16.2 Å². The molecule has 0 radical (unpaired) electrons. The summed E-state index contributed by atoms with van der Waals surface area (Å²) >= 11 is 0. The molecule has 0 bridgehead atoms. The minimum atomic E-state index is -0.287. The molecule has 1 aromatic rings. The number of hydrogen-bond acceptors (Lipinski definition) is 3. The molecule has 1 aliphatic rings. The maximum Gasteiger partial charge on any atom is 0.319 e. The fourth-order valence-electron chi connectivity index (χ4n) is 2.28. The monoisotopic (exact) mass is 263 g/mol. The quantitative estimate of drug-likeness (QED) is 0.776. The van der Waals surface area contributed by atoms with E-state index in [1.165, 1.54) is 19.3 Å². The summed E-state index contributed by atoms with van der Waals surface area (Å²) in [6.45, 7) is 2.37. The number of nitrogens with one attached hydrogen (secondary N) is 2. The van der Waals surface area contributed by atoms with Crippen LogP contribution in [0.3, 0.4) is 0 Å². The van der Waals surface area contributed by atoms with E-state index in [9.17, 15) is 4.79 Å². The van der Waals surface area contributed by atoms with Gasteiger partial charge in [0.15, 0.2) is 0 Å². The highest BCUT2D eigenvalue weighted by Crippen LogP contribution is 2.22. The molecule has 0 atom stereocenters. The van der Waals surface area contributed by atoms with Crippen LogP contribution in [-0.2, 0) is 0 Å². The first kappa shape index (κ1) is 13.7. The average molecular weight is 263 g/mol. The first-order valence-electron chi connectivity index (χ1n) is 6.80. The highest BCUT2D eigenvalue weighted by atomic mass is 16.3. The second-order valence-electron chi connectivity index (χ2n) is 4.70. The van der Waals surface area contributed by atoms with Gasteiger partial charge >= 0.3 is 6.03 Å². The first-order valence-corrected chi connectivity index (χ1v) is 6.80. The molecule has 0 aromatic heterocycles. The molecule has 0 aliphatic carbocycles. The molecule has 2 amide bonds. The third kappa shape index (κ3) is 4.13. The van der Waals surface area contributed by atoms with Gasteiger partial charge < -0.3 is 20.6 Å². The second kappa shape index (κ2) is 6.99. The van der Waals surface area contributed by atoms with E-state index in [-0.39, 0.29) is 19.2 Å². The summed E-state index contributed by atoms with van der Waals surface area (Å²) in [6.07, 6.45) is 3.77. The van der Waals surface area contributed by atoms with Gasteiger partial charge in [-0.25, -0.2) is 4.79 Å². The Morgan fingerprint density at radius 1 is 1.26 bits per heavy atom. The number of aliphatic hydroxyl groups is 1. The van der Waals surface area contributed by atoms with Crippen molar-refractivity contribution < 1.29 is 9.90 Å². The lowest BCUT2D eigenvalue weighted by Gasteiger charge is -2.29. The van der Waals surface area contributed by atoms with E-state index in [0.29, 0.717) is 0 Å². The predicted octanol–water partition coefficient (Wildman–Crippen LogP) is 1.79. The maximum atomic E-state index is 11.5. The van der Waals surface area contributed by atoms with Crippen LogP contribution < -0.4 is 15.5 Å². The van der Waals surface area contributed by atoms with Crippen molar-refractivity contribution >= 4 is 17.4 Å². The van der Waals surface area contributed by atoms with Crippen molar-refractivity contribution in [3.05, 3.63) is 24.3 Å². The lowest BCUT2D eigenvalue weighted by atomic mass is 10.1. The largest absolute Gasteiger partial charge is 0.395 e. The number of aliphatic hydroxyl groups excluding tert-OH is 1. The van der Waals surface area contributed by atoms with Crippen LogP contribution >= 0.6 is 0 Å². The molecule has 1 saturated heterocycles. The van der Waals surface area contributed by atoms with E-state index >= 15 is 0 Å². The Kier molecular flexibility index (Phi) is 5.03. The minimum Gasteiger partial charge on any atom is -0.395 e. The van der Waals surface area contributed by atoms with Crippen LogP contribution in [0, 0.1) is 0 Å². The zero-order valence-corrected chi connectivity index (χ0v) is 11.1. The van der Waals surface area contributed by atoms with Gasteiger partial charge in [0, 0.05) is 31.0 Å². The molecule has 3 N–H and O–H groups in total. The number of urea groups is 1. The zero-order chi connectivity index (χ0) is 13.5. The Morgan fingerprint density at radius 2 is 2.05 bits per heavy atom. The highest BCUT2D eigenvalue weighted by Gasteiger charge is 2.11. The number of nitrogens with zero attached hydrogens (tertiary/aromatic N) is 1. The Morgan fingerprint density at radius 3 is 2.79 bits per heavy atom. The molecule has 2 rings (SSSR count). The molecule has 1 heterocycles. The average Bonchev–Trinajstić information content (AvgIpc) is 2.46. The van der Waals surface area contributed by atoms with Crippen LogP contribution in [0.1, 0.15) is 19.3 Å². The third-order valence-corrected chi connectivity index (χ3v) is 3.22. The van der Waals surface area contributed by atoms with Crippen molar-refractivity contribution in [2.45, 2.75) is 19.3 Å². The molecule has 1 fully saturated rings.